The Labute approximate surface area is 74.0 Å². The third-order valence-electron chi connectivity index (χ3n) is 1.44. The zero-order valence-electron chi connectivity index (χ0n) is 7.95. The molecule has 74 valence electrons. The van der Waals surface area contributed by atoms with Crippen molar-refractivity contribution in [3.63, 3.8) is 0 Å². The van der Waals surface area contributed by atoms with E-state index in [9.17, 15) is 4.57 Å². The zero-order chi connectivity index (χ0) is 9.61. The Hall–Kier alpha value is 0.110. The molecule has 2 N–H and O–H groups in total. The molecule has 0 fully saturated rings. The summed E-state index contributed by atoms with van der Waals surface area (Å²) in [5, 5.41) is 0. The van der Waals surface area contributed by atoms with Crippen LogP contribution in [-0.4, -0.2) is 19.0 Å². The Morgan fingerprint density at radius 3 is 1.92 bits per heavy atom. The normalized spacial score (nSPS) is 14.7. The van der Waals surface area contributed by atoms with Gasteiger partial charge < -0.3 is 14.8 Å². The number of hydrogen-bond acceptors (Lipinski definition) is 4. The van der Waals surface area contributed by atoms with Gasteiger partial charge >= 0.3 is 7.60 Å². The van der Waals surface area contributed by atoms with Crippen LogP contribution in [0, 0.1) is 0 Å². The molecule has 0 aliphatic rings. The maximum atomic E-state index is 11.8. The van der Waals surface area contributed by atoms with Crippen molar-refractivity contribution in [2.24, 2.45) is 5.73 Å². The summed E-state index contributed by atoms with van der Waals surface area (Å²) in [6.07, 6.45) is 0.595. The Morgan fingerprint density at radius 2 is 1.67 bits per heavy atom. The van der Waals surface area contributed by atoms with Gasteiger partial charge in [-0.3, -0.25) is 4.57 Å². The van der Waals surface area contributed by atoms with Crippen LogP contribution in [0.15, 0.2) is 0 Å². The molecule has 0 aromatic rings. The second-order valence-corrected chi connectivity index (χ2v) is 4.61. The fourth-order valence-corrected chi connectivity index (χ4v) is 2.44. The van der Waals surface area contributed by atoms with Crippen LogP contribution >= 0.6 is 7.60 Å². The fraction of sp³-hybridized carbons (Fsp3) is 1.00. The van der Waals surface area contributed by atoms with E-state index >= 15 is 0 Å². The lowest BCUT2D eigenvalue weighted by atomic mass is 10.5. The average molecular weight is 195 g/mol. The second kappa shape index (κ2) is 5.70. The Kier molecular flexibility index (Phi) is 5.76. The van der Waals surface area contributed by atoms with Crippen LogP contribution in [0.4, 0.5) is 0 Å². The van der Waals surface area contributed by atoms with Crippen molar-refractivity contribution >= 4 is 7.60 Å². The molecule has 0 bridgehead atoms. The molecule has 0 spiro atoms. The Bertz CT molecular complexity index is 153. The molecule has 0 aromatic carbocycles. The van der Waals surface area contributed by atoms with Gasteiger partial charge in [-0.2, -0.15) is 0 Å². The van der Waals surface area contributed by atoms with Crippen molar-refractivity contribution in [2.45, 2.75) is 33.0 Å². The topological polar surface area (TPSA) is 61.5 Å². The third-order valence-corrected chi connectivity index (χ3v) is 3.86. The fourth-order valence-electron chi connectivity index (χ4n) is 0.812. The lowest BCUT2D eigenvalue weighted by molar-refractivity contribution is 0.211. The molecule has 0 saturated heterocycles. The van der Waals surface area contributed by atoms with Crippen LogP contribution in [0.5, 0.6) is 0 Å². The van der Waals surface area contributed by atoms with E-state index in [4.69, 9.17) is 14.8 Å². The van der Waals surface area contributed by atoms with Gasteiger partial charge in [0, 0.05) is 0 Å². The molecular formula is C7H18NO3P. The van der Waals surface area contributed by atoms with E-state index in [2.05, 4.69) is 0 Å². The van der Waals surface area contributed by atoms with Crippen molar-refractivity contribution in [1.82, 2.24) is 0 Å². The standard InChI is InChI=1S/C7H18NO3P/c1-4-7(8)12(9,10-5-2)11-6-3/h7H,4-6,8H2,1-3H3/t7-/m1/s1. The minimum absolute atomic E-state index is 0.366. The van der Waals surface area contributed by atoms with Gasteiger partial charge in [-0.1, -0.05) is 6.92 Å². The van der Waals surface area contributed by atoms with Gasteiger partial charge in [-0.05, 0) is 20.3 Å². The lowest BCUT2D eigenvalue weighted by Crippen LogP contribution is -2.21. The predicted octanol–water partition coefficient (Wildman–Crippen LogP) is 1.95. The summed E-state index contributed by atoms with van der Waals surface area (Å²) in [5.41, 5.74) is 5.61. The molecule has 0 radical (unpaired) electrons. The average Bonchev–Trinajstić information content (AvgIpc) is 2.04. The van der Waals surface area contributed by atoms with Crippen LogP contribution in [0.25, 0.3) is 0 Å². The van der Waals surface area contributed by atoms with Crippen molar-refractivity contribution in [2.75, 3.05) is 13.2 Å². The molecular weight excluding hydrogens is 177 g/mol. The molecule has 12 heavy (non-hydrogen) atoms. The highest BCUT2D eigenvalue weighted by atomic mass is 31.2. The smallest absolute Gasteiger partial charge is 0.318 e. The van der Waals surface area contributed by atoms with Crippen LogP contribution in [-0.2, 0) is 13.6 Å². The van der Waals surface area contributed by atoms with E-state index in [1.54, 1.807) is 13.8 Å². The van der Waals surface area contributed by atoms with Crippen LogP contribution in [0.2, 0.25) is 0 Å². The van der Waals surface area contributed by atoms with E-state index in [0.29, 0.717) is 19.6 Å². The first-order chi connectivity index (χ1) is 5.60. The molecule has 0 aliphatic carbocycles. The van der Waals surface area contributed by atoms with Crippen LogP contribution < -0.4 is 5.73 Å². The van der Waals surface area contributed by atoms with Crippen molar-refractivity contribution in [1.29, 1.82) is 0 Å². The summed E-state index contributed by atoms with van der Waals surface area (Å²) in [7, 11) is -3.03. The van der Waals surface area contributed by atoms with Crippen LogP contribution in [0.1, 0.15) is 27.2 Å². The van der Waals surface area contributed by atoms with Gasteiger partial charge in [0.25, 0.3) is 0 Å². The molecule has 0 saturated carbocycles. The van der Waals surface area contributed by atoms with Crippen molar-refractivity contribution in [3.8, 4) is 0 Å². The van der Waals surface area contributed by atoms with Gasteiger partial charge in [0.2, 0.25) is 0 Å². The maximum absolute atomic E-state index is 11.8. The first-order valence-electron chi connectivity index (χ1n) is 4.25. The molecule has 1 atom stereocenters. The SMILES string of the molecule is CCOP(=O)(OCC)[C@@H](N)CC. The highest BCUT2D eigenvalue weighted by molar-refractivity contribution is 7.54. The van der Waals surface area contributed by atoms with Gasteiger partial charge in [-0.25, -0.2) is 0 Å². The summed E-state index contributed by atoms with van der Waals surface area (Å²) < 4.78 is 21.8. The van der Waals surface area contributed by atoms with E-state index in [1.807, 2.05) is 6.92 Å². The summed E-state index contributed by atoms with van der Waals surface area (Å²) in [5.74, 6) is -0.502. The van der Waals surface area contributed by atoms with Crippen molar-refractivity contribution < 1.29 is 13.6 Å². The largest absolute Gasteiger partial charge is 0.347 e. The molecule has 0 rings (SSSR count). The molecule has 0 heterocycles. The lowest BCUT2D eigenvalue weighted by Gasteiger charge is -2.21. The van der Waals surface area contributed by atoms with E-state index in [0.717, 1.165) is 0 Å². The molecule has 0 aromatic heterocycles. The molecule has 5 heteroatoms. The molecule has 0 unspecified atom stereocenters. The minimum atomic E-state index is -3.03. The quantitative estimate of drug-likeness (QED) is 0.658. The summed E-state index contributed by atoms with van der Waals surface area (Å²) in [6.45, 7) is 6.13. The van der Waals surface area contributed by atoms with Crippen molar-refractivity contribution in [3.05, 3.63) is 0 Å². The summed E-state index contributed by atoms with van der Waals surface area (Å²) >= 11 is 0. The third kappa shape index (κ3) is 3.23. The minimum Gasteiger partial charge on any atom is -0.318 e. The highest BCUT2D eigenvalue weighted by Crippen LogP contribution is 2.51. The Balaban J connectivity index is 4.27. The predicted molar refractivity (Wildman–Crippen MR) is 49.1 cm³/mol. The van der Waals surface area contributed by atoms with Gasteiger partial charge in [-0.15, -0.1) is 0 Å². The van der Waals surface area contributed by atoms with Crippen LogP contribution in [0.3, 0.4) is 0 Å². The summed E-state index contributed by atoms with van der Waals surface area (Å²) in [6, 6.07) is 0. The molecule has 0 amide bonds. The molecule has 0 aliphatic heterocycles. The van der Waals surface area contributed by atoms with E-state index in [-0.39, 0.29) is 0 Å². The van der Waals surface area contributed by atoms with E-state index in [1.165, 1.54) is 0 Å². The van der Waals surface area contributed by atoms with Gasteiger partial charge in [0.15, 0.2) is 0 Å². The van der Waals surface area contributed by atoms with Gasteiger partial charge in [0.05, 0.1) is 13.2 Å². The van der Waals surface area contributed by atoms with E-state index < -0.39 is 13.4 Å². The number of nitrogens with two attached hydrogens (primary N) is 1. The first kappa shape index (κ1) is 12.1. The first-order valence-corrected chi connectivity index (χ1v) is 5.86. The number of hydrogen-bond donors (Lipinski definition) is 1. The number of rotatable bonds is 6. The Morgan fingerprint density at radius 1 is 1.25 bits per heavy atom. The summed E-state index contributed by atoms with van der Waals surface area (Å²) in [4.78, 5) is 0. The molecule has 4 nitrogen and oxygen atoms in total. The maximum Gasteiger partial charge on any atom is 0.347 e. The van der Waals surface area contributed by atoms with Gasteiger partial charge in [0.1, 0.15) is 5.78 Å². The second-order valence-electron chi connectivity index (χ2n) is 2.35. The highest BCUT2D eigenvalue weighted by Gasteiger charge is 2.30. The monoisotopic (exact) mass is 195 g/mol. The zero-order valence-corrected chi connectivity index (χ0v) is 8.84.